The number of rotatable bonds is 4. The van der Waals surface area contributed by atoms with Crippen molar-refractivity contribution in [1.82, 2.24) is 0 Å². The number of hydrogen-bond acceptors (Lipinski definition) is 4. The van der Waals surface area contributed by atoms with Crippen molar-refractivity contribution >= 4 is 27.3 Å². The fraction of sp³-hybridized carbons (Fsp3) is 0.100. The first kappa shape index (κ1) is 12.2. The Kier molecular flexibility index (Phi) is 4.03. The van der Waals surface area contributed by atoms with E-state index in [4.69, 9.17) is 5.26 Å². The topological polar surface area (TPSA) is 79.0 Å². The molecule has 0 spiro atoms. The standard InChI is InChI=1S/C10H8BrN3O2/c1-7(11)6-13-9-4-8(5-12)2-3-10(9)14(15)16/h2-4,13H,1,6H2. The van der Waals surface area contributed by atoms with Gasteiger partial charge in [0.05, 0.1) is 16.6 Å². The Labute approximate surface area is 101 Å². The molecule has 0 aliphatic rings. The zero-order valence-corrected chi connectivity index (χ0v) is 9.82. The second-order valence-corrected chi connectivity index (χ2v) is 4.09. The molecule has 1 N–H and O–H groups in total. The Balaban J connectivity index is 3.06. The van der Waals surface area contributed by atoms with Gasteiger partial charge in [-0.05, 0) is 12.1 Å². The van der Waals surface area contributed by atoms with E-state index in [9.17, 15) is 10.1 Å². The number of nitro benzene ring substituents is 1. The van der Waals surface area contributed by atoms with Crippen molar-refractivity contribution in [2.45, 2.75) is 0 Å². The van der Waals surface area contributed by atoms with Crippen LogP contribution in [-0.4, -0.2) is 11.5 Å². The Bertz CT molecular complexity index is 479. The Morgan fingerprint density at radius 2 is 2.38 bits per heavy atom. The van der Waals surface area contributed by atoms with Gasteiger partial charge in [-0.25, -0.2) is 0 Å². The fourth-order valence-electron chi connectivity index (χ4n) is 1.10. The molecule has 1 aromatic carbocycles. The Hall–Kier alpha value is -1.87. The molecule has 82 valence electrons. The van der Waals surface area contributed by atoms with Crippen molar-refractivity contribution in [3.63, 3.8) is 0 Å². The lowest BCUT2D eigenvalue weighted by Gasteiger charge is -2.06. The second kappa shape index (κ2) is 5.28. The lowest BCUT2D eigenvalue weighted by Crippen LogP contribution is -2.04. The molecule has 0 aliphatic carbocycles. The normalized spacial score (nSPS) is 9.25. The molecule has 0 amide bonds. The summed E-state index contributed by atoms with van der Waals surface area (Å²) in [4.78, 5) is 10.2. The third-order valence-electron chi connectivity index (χ3n) is 1.79. The van der Waals surface area contributed by atoms with E-state index in [0.29, 0.717) is 22.3 Å². The molecule has 0 atom stereocenters. The van der Waals surface area contributed by atoms with Crippen molar-refractivity contribution in [1.29, 1.82) is 5.26 Å². The van der Waals surface area contributed by atoms with Crippen LogP contribution in [0.3, 0.4) is 0 Å². The summed E-state index contributed by atoms with van der Waals surface area (Å²) in [6.45, 7) is 3.96. The summed E-state index contributed by atoms with van der Waals surface area (Å²) in [5.74, 6) is 0. The van der Waals surface area contributed by atoms with Gasteiger partial charge in [0, 0.05) is 17.1 Å². The SMILES string of the molecule is C=C(Br)CNc1cc(C#N)ccc1[N+](=O)[O-]. The fourth-order valence-corrected chi connectivity index (χ4v) is 1.24. The minimum Gasteiger partial charge on any atom is -0.375 e. The summed E-state index contributed by atoms with van der Waals surface area (Å²) in [6, 6.07) is 6.08. The molecule has 0 radical (unpaired) electrons. The molecule has 0 heterocycles. The zero-order valence-electron chi connectivity index (χ0n) is 8.24. The van der Waals surface area contributed by atoms with Gasteiger partial charge in [0.25, 0.3) is 5.69 Å². The van der Waals surface area contributed by atoms with Gasteiger partial charge in [0.2, 0.25) is 0 Å². The van der Waals surface area contributed by atoms with E-state index in [1.165, 1.54) is 18.2 Å². The van der Waals surface area contributed by atoms with Gasteiger partial charge in [0.1, 0.15) is 5.69 Å². The smallest absolute Gasteiger partial charge is 0.292 e. The molecule has 0 unspecified atom stereocenters. The van der Waals surface area contributed by atoms with E-state index in [2.05, 4.69) is 27.8 Å². The average Bonchev–Trinajstić information content (AvgIpc) is 2.25. The van der Waals surface area contributed by atoms with Crippen LogP contribution >= 0.6 is 15.9 Å². The molecular formula is C10H8BrN3O2. The second-order valence-electron chi connectivity index (χ2n) is 2.97. The minimum absolute atomic E-state index is 0.0623. The molecule has 0 fully saturated rings. The van der Waals surface area contributed by atoms with E-state index in [1.807, 2.05) is 6.07 Å². The van der Waals surface area contributed by atoms with E-state index >= 15 is 0 Å². The number of anilines is 1. The van der Waals surface area contributed by atoms with E-state index in [1.54, 1.807) is 0 Å². The third-order valence-corrected chi connectivity index (χ3v) is 2.07. The van der Waals surface area contributed by atoms with Crippen LogP contribution in [0.25, 0.3) is 0 Å². The molecule has 1 aromatic rings. The van der Waals surface area contributed by atoms with Gasteiger partial charge in [-0.3, -0.25) is 10.1 Å². The van der Waals surface area contributed by atoms with Gasteiger partial charge >= 0.3 is 0 Å². The summed E-state index contributed by atoms with van der Waals surface area (Å²) in [7, 11) is 0. The van der Waals surface area contributed by atoms with E-state index < -0.39 is 4.92 Å². The third kappa shape index (κ3) is 3.07. The number of benzene rings is 1. The molecule has 0 aromatic heterocycles. The number of nitrogens with one attached hydrogen (secondary N) is 1. The van der Waals surface area contributed by atoms with Gasteiger partial charge in [0.15, 0.2) is 0 Å². The number of nitro groups is 1. The average molecular weight is 282 g/mol. The van der Waals surface area contributed by atoms with Crippen LogP contribution in [0.15, 0.2) is 29.3 Å². The maximum absolute atomic E-state index is 10.7. The highest BCUT2D eigenvalue weighted by Crippen LogP contribution is 2.25. The molecule has 0 aliphatic heterocycles. The van der Waals surface area contributed by atoms with Crippen LogP contribution in [0.5, 0.6) is 0 Å². The number of nitrogens with zero attached hydrogens (tertiary/aromatic N) is 2. The van der Waals surface area contributed by atoms with Crippen LogP contribution in [0.4, 0.5) is 11.4 Å². The first-order valence-electron chi connectivity index (χ1n) is 4.30. The molecule has 5 nitrogen and oxygen atoms in total. The monoisotopic (exact) mass is 281 g/mol. The van der Waals surface area contributed by atoms with Crippen molar-refractivity contribution in [2.75, 3.05) is 11.9 Å². The van der Waals surface area contributed by atoms with Gasteiger partial charge in [-0.2, -0.15) is 5.26 Å². The Morgan fingerprint density at radius 1 is 1.69 bits per heavy atom. The molecule has 0 saturated carbocycles. The van der Waals surface area contributed by atoms with Crippen LogP contribution < -0.4 is 5.32 Å². The molecule has 1 rings (SSSR count). The quantitative estimate of drug-likeness (QED) is 0.680. The van der Waals surface area contributed by atoms with E-state index in [0.717, 1.165) is 0 Å². The molecule has 6 heteroatoms. The van der Waals surface area contributed by atoms with Crippen LogP contribution in [-0.2, 0) is 0 Å². The predicted molar refractivity (Wildman–Crippen MR) is 64.4 cm³/mol. The van der Waals surface area contributed by atoms with Crippen LogP contribution in [0.1, 0.15) is 5.56 Å². The van der Waals surface area contributed by atoms with Crippen molar-refractivity contribution in [3.8, 4) is 6.07 Å². The lowest BCUT2D eigenvalue weighted by molar-refractivity contribution is -0.384. The summed E-state index contributed by atoms with van der Waals surface area (Å²) in [6.07, 6.45) is 0. The molecule has 0 bridgehead atoms. The summed E-state index contributed by atoms with van der Waals surface area (Å²) in [5.41, 5.74) is 0.616. The highest BCUT2D eigenvalue weighted by atomic mass is 79.9. The zero-order chi connectivity index (χ0) is 12.1. The van der Waals surface area contributed by atoms with Crippen LogP contribution in [0, 0.1) is 21.4 Å². The summed E-state index contributed by atoms with van der Waals surface area (Å²) >= 11 is 3.14. The highest BCUT2D eigenvalue weighted by molar-refractivity contribution is 9.11. The Morgan fingerprint density at radius 3 is 2.88 bits per heavy atom. The van der Waals surface area contributed by atoms with Crippen molar-refractivity contribution in [2.24, 2.45) is 0 Å². The van der Waals surface area contributed by atoms with Crippen molar-refractivity contribution < 1.29 is 4.92 Å². The predicted octanol–water partition coefficient (Wildman–Crippen LogP) is 2.79. The number of halogens is 1. The van der Waals surface area contributed by atoms with Crippen LogP contribution in [0.2, 0.25) is 0 Å². The highest BCUT2D eigenvalue weighted by Gasteiger charge is 2.13. The number of hydrogen-bond donors (Lipinski definition) is 1. The maximum atomic E-state index is 10.7. The van der Waals surface area contributed by atoms with Gasteiger partial charge in [-0.1, -0.05) is 22.5 Å². The lowest BCUT2D eigenvalue weighted by atomic mass is 10.2. The molecule has 16 heavy (non-hydrogen) atoms. The van der Waals surface area contributed by atoms with E-state index in [-0.39, 0.29) is 5.69 Å². The molecule has 0 saturated heterocycles. The van der Waals surface area contributed by atoms with Gasteiger partial charge < -0.3 is 5.32 Å². The number of nitriles is 1. The first-order chi connectivity index (χ1) is 7.54. The minimum atomic E-state index is -0.500. The molecular weight excluding hydrogens is 274 g/mol. The van der Waals surface area contributed by atoms with Gasteiger partial charge in [-0.15, -0.1) is 0 Å². The largest absolute Gasteiger partial charge is 0.375 e. The first-order valence-corrected chi connectivity index (χ1v) is 5.09. The summed E-state index contributed by atoms with van der Waals surface area (Å²) < 4.78 is 0.671. The van der Waals surface area contributed by atoms with Crippen molar-refractivity contribution in [3.05, 3.63) is 44.9 Å². The summed E-state index contributed by atoms with van der Waals surface area (Å²) in [5, 5.41) is 22.2. The maximum Gasteiger partial charge on any atom is 0.292 e.